The van der Waals surface area contributed by atoms with Crippen LogP contribution in [0.5, 0.6) is 5.75 Å². The Morgan fingerprint density at radius 1 is 1.05 bits per heavy atom. The summed E-state index contributed by atoms with van der Waals surface area (Å²) in [5, 5.41) is 12.4. The van der Waals surface area contributed by atoms with Crippen molar-refractivity contribution >= 4 is 15.5 Å². The zero-order chi connectivity index (χ0) is 15.5. The first-order chi connectivity index (χ1) is 9.93. The third-order valence-electron chi connectivity index (χ3n) is 2.89. The first kappa shape index (κ1) is 15.2. The van der Waals surface area contributed by atoms with Crippen molar-refractivity contribution in [3.63, 3.8) is 0 Å². The number of para-hydroxylation sites is 2. The predicted octanol–water partition coefficient (Wildman–Crippen LogP) is 3.00. The summed E-state index contributed by atoms with van der Waals surface area (Å²) in [4.78, 5) is -0.463. The zero-order valence-electron chi connectivity index (χ0n) is 10.8. The van der Waals surface area contributed by atoms with Crippen molar-refractivity contribution in [2.75, 3.05) is 5.32 Å². The molecule has 0 amide bonds. The van der Waals surface area contributed by atoms with Crippen molar-refractivity contribution in [2.45, 2.75) is 17.2 Å². The van der Waals surface area contributed by atoms with Crippen molar-refractivity contribution < 1.29 is 22.3 Å². The zero-order valence-corrected chi connectivity index (χ0v) is 11.6. The summed E-state index contributed by atoms with van der Waals surface area (Å²) in [5.41, 5.74) is 0.600. The highest BCUT2D eigenvalue weighted by molar-refractivity contribution is 7.91. The molecule has 2 aromatic carbocycles. The summed E-state index contributed by atoms with van der Waals surface area (Å²) in [6.45, 7) is 0.114. The van der Waals surface area contributed by atoms with Gasteiger partial charge in [0, 0.05) is 12.1 Å². The van der Waals surface area contributed by atoms with Crippen LogP contribution in [0.25, 0.3) is 0 Å². The summed E-state index contributed by atoms with van der Waals surface area (Å²) in [6, 6.07) is 11.9. The van der Waals surface area contributed by atoms with Gasteiger partial charge in [-0.3, -0.25) is 0 Å². The Labute approximate surface area is 121 Å². The average Bonchev–Trinajstić information content (AvgIpc) is 2.46. The third kappa shape index (κ3) is 3.30. The number of rotatable bonds is 5. The second kappa shape index (κ2) is 6.09. The van der Waals surface area contributed by atoms with Gasteiger partial charge < -0.3 is 10.4 Å². The van der Waals surface area contributed by atoms with Crippen molar-refractivity contribution in [3.8, 4) is 5.75 Å². The first-order valence-electron chi connectivity index (χ1n) is 6.05. The van der Waals surface area contributed by atoms with Gasteiger partial charge in [-0.2, -0.15) is 8.78 Å². The van der Waals surface area contributed by atoms with Crippen LogP contribution in [0, 0.1) is 0 Å². The van der Waals surface area contributed by atoms with Gasteiger partial charge in [-0.25, -0.2) is 8.42 Å². The molecule has 2 rings (SSSR count). The minimum Gasteiger partial charge on any atom is -0.508 e. The lowest BCUT2D eigenvalue weighted by Crippen LogP contribution is -2.14. The van der Waals surface area contributed by atoms with Gasteiger partial charge in [0.05, 0.1) is 10.6 Å². The maximum absolute atomic E-state index is 12.6. The highest BCUT2D eigenvalue weighted by Gasteiger charge is 2.28. The van der Waals surface area contributed by atoms with Crippen molar-refractivity contribution in [1.29, 1.82) is 0 Å². The van der Waals surface area contributed by atoms with E-state index in [-0.39, 0.29) is 18.0 Å². The number of aromatic hydroxyl groups is 1. The molecule has 7 heteroatoms. The Morgan fingerprint density at radius 2 is 1.67 bits per heavy atom. The van der Waals surface area contributed by atoms with E-state index in [1.54, 1.807) is 18.2 Å². The molecule has 0 aliphatic heterocycles. The molecule has 0 aromatic heterocycles. The molecule has 0 saturated heterocycles. The summed E-state index contributed by atoms with van der Waals surface area (Å²) in [6.07, 6.45) is 0. The minimum absolute atomic E-state index is 0.0409. The fraction of sp³-hybridized carbons (Fsp3) is 0.143. The Bertz CT molecular complexity index is 733. The highest BCUT2D eigenvalue weighted by Crippen LogP contribution is 2.27. The molecule has 0 bridgehead atoms. The number of nitrogens with one attached hydrogen (secondary N) is 1. The summed E-state index contributed by atoms with van der Waals surface area (Å²) in [7, 11) is -4.68. The second-order valence-electron chi connectivity index (χ2n) is 4.28. The number of sulfone groups is 1. The van der Waals surface area contributed by atoms with Crippen molar-refractivity contribution in [1.82, 2.24) is 0 Å². The quantitative estimate of drug-likeness (QED) is 0.890. The van der Waals surface area contributed by atoms with Crippen LogP contribution in [0.4, 0.5) is 14.5 Å². The second-order valence-corrected chi connectivity index (χ2v) is 6.17. The van der Waals surface area contributed by atoms with Crippen molar-refractivity contribution in [2.24, 2.45) is 0 Å². The SMILES string of the molecule is O=S(=O)(c1ccccc1NCc1ccccc1O)C(F)F. The average molecular weight is 313 g/mol. The Kier molecular flexibility index (Phi) is 4.42. The molecule has 2 N–H and O–H groups in total. The maximum Gasteiger partial charge on any atom is 0.341 e. The van der Waals surface area contributed by atoms with E-state index in [2.05, 4.69) is 5.32 Å². The number of phenols is 1. The fourth-order valence-electron chi connectivity index (χ4n) is 1.81. The highest BCUT2D eigenvalue weighted by atomic mass is 32.2. The van der Waals surface area contributed by atoms with E-state index in [4.69, 9.17) is 0 Å². The van der Waals surface area contributed by atoms with Gasteiger partial charge in [0.1, 0.15) is 5.75 Å². The molecule has 0 fully saturated rings. The predicted molar refractivity (Wildman–Crippen MR) is 75.1 cm³/mol. The molecule has 2 aromatic rings. The van der Waals surface area contributed by atoms with Crippen LogP contribution < -0.4 is 5.32 Å². The molecule has 0 saturated carbocycles. The monoisotopic (exact) mass is 313 g/mol. The number of hydrogen-bond donors (Lipinski definition) is 2. The number of phenolic OH excluding ortho intramolecular Hbond substituents is 1. The molecule has 0 unspecified atom stereocenters. The molecule has 21 heavy (non-hydrogen) atoms. The van der Waals surface area contributed by atoms with Gasteiger partial charge >= 0.3 is 5.76 Å². The smallest absolute Gasteiger partial charge is 0.341 e. The molecular weight excluding hydrogens is 300 g/mol. The van der Waals surface area contributed by atoms with E-state index >= 15 is 0 Å². The standard InChI is InChI=1S/C14H13F2NO3S/c15-14(16)21(19,20)13-8-4-2-6-11(13)17-9-10-5-1-3-7-12(10)18/h1-8,14,17-18H,9H2. The Hall–Kier alpha value is -2.15. The van der Waals surface area contributed by atoms with Gasteiger partial charge in [-0.05, 0) is 18.2 Å². The number of anilines is 1. The van der Waals surface area contributed by atoms with Crippen LogP contribution in [0.15, 0.2) is 53.4 Å². The summed E-state index contributed by atoms with van der Waals surface area (Å²) >= 11 is 0. The lowest BCUT2D eigenvalue weighted by atomic mass is 10.2. The number of hydrogen-bond acceptors (Lipinski definition) is 4. The van der Waals surface area contributed by atoms with Crippen LogP contribution in [0.2, 0.25) is 0 Å². The van der Waals surface area contributed by atoms with E-state index in [1.807, 2.05) is 0 Å². The molecule has 0 radical (unpaired) electrons. The van der Waals surface area contributed by atoms with Gasteiger partial charge in [-0.15, -0.1) is 0 Å². The number of halogens is 2. The Balaban J connectivity index is 2.28. The lowest BCUT2D eigenvalue weighted by molar-refractivity contribution is 0.235. The van der Waals surface area contributed by atoms with Crippen LogP contribution >= 0.6 is 0 Å². The van der Waals surface area contributed by atoms with E-state index in [0.29, 0.717) is 5.56 Å². The van der Waals surface area contributed by atoms with Crippen LogP contribution in [0.3, 0.4) is 0 Å². The lowest BCUT2D eigenvalue weighted by Gasteiger charge is -2.12. The molecular formula is C14H13F2NO3S. The van der Waals surface area contributed by atoms with E-state index in [0.717, 1.165) is 6.07 Å². The molecule has 0 atom stereocenters. The fourth-order valence-corrected chi connectivity index (χ4v) is 2.71. The van der Waals surface area contributed by atoms with Crippen LogP contribution in [-0.2, 0) is 16.4 Å². The number of alkyl halides is 2. The Morgan fingerprint density at radius 3 is 2.33 bits per heavy atom. The molecule has 112 valence electrons. The van der Waals surface area contributed by atoms with Gasteiger partial charge in [0.15, 0.2) is 0 Å². The van der Waals surface area contributed by atoms with Crippen LogP contribution in [-0.4, -0.2) is 19.3 Å². The maximum atomic E-state index is 12.6. The van der Waals surface area contributed by atoms with E-state index in [1.165, 1.54) is 24.3 Å². The largest absolute Gasteiger partial charge is 0.508 e. The van der Waals surface area contributed by atoms with Gasteiger partial charge in [-0.1, -0.05) is 30.3 Å². The molecule has 0 spiro atoms. The number of benzene rings is 2. The van der Waals surface area contributed by atoms with Crippen molar-refractivity contribution in [3.05, 3.63) is 54.1 Å². The molecule has 0 aliphatic carbocycles. The topological polar surface area (TPSA) is 66.4 Å². The van der Waals surface area contributed by atoms with Crippen LogP contribution in [0.1, 0.15) is 5.56 Å². The van der Waals surface area contributed by atoms with Gasteiger partial charge in [0.2, 0.25) is 9.84 Å². The summed E-state index contributed by atoms with van der Waals surface area (Å²) in [5.74, 6) is -3.44. The van der Waals surface area contributed by atoms with Gasteiger partial charge in [0.25, 0.3) is 0 Å². The van der Waals surface area contributed by atoms with E-state index < -0.39 is 20.5 Å². The van der Waals surface area contributed by atoms with E-state index in [9.17, 15) is 22.3 Å². The molecule has 0 heterocycles. The molecule has 4 nitrogen and oxygen atoms in total. The molecule has 0 aliphatic rings. The first-order valence-corrected chi connectivity index (χ1v) is 7.59. The summed E-state index contributed by atoms with van der Waals surface area (Å²) < 4.78 is 48.5. The third-order valence-corrected chi connectivity index (χ3v) is 4.33. The normalized spacial score (nSPS) is 11.6. The minimum atomic E-state index is -4.68.